The van der Waals surface area contributed by atoms with Gasteiger partial charge < -0.3 is 15.5 Å². The van der Waals surface area contributed by atoms with Crippen LogP contribution in [0.25, 0.3) is 0 Å². The molecule has 0 saturated carbocycles. The minimum Gasteiger partial charge on any atom is -0.356 e. The van der Waals surface area contributed by atoms with Crippen LogP contribution in [-0.4, -0.2) is 38.1 Å². The highest BCUT2D eigenvalue weighted by molar-refractivity contribution is 7.99. The summed E-state index contributed by atoms with van der Waals surface area (Å²) in [5.41, 5.74) is 1.16. The van der Waals surface area contributed by atoms with Crippen LogP contribution in [0.15, 0.2) is 65.0 Å². The van der Waals surface area contributed by atoms with Crippen molar-refractivity contribution in [3.8, 4) is 0 Å². The van der Waals surface area contributed by atoms with Gasteiger partial charge in [0.25, 0.3) is 0 Å². The second-order valence-corrected chi connectivity index (χ2v) is 8.34. The number of hydrogen-bond donors (Lipinski definition) is 2. The molecule has 7 nitrogen and oxygen atoms in total. The Morgan fingerprint density at radius 1 is 1.07 bits per heavy atom. The van der Waals surface area contributed by atoms with Gasteiger partial charge in [-0.15, -0.1) is 0 Å². The van der Waals surface area contributed by atoms with Gasteiger partial charge in [0.1, 0.15) is 10.8 Å². The highest BCUT2D eigenvalue weighted by atomic mass is 32.2. The van der Waals surface area contributed by atoms with E-state index in [1.54, 1.807) is 18.5 Å². The first-order valence-corrected chi connectivity index (χ1v) is 11.1. The van der Waals surface area contributed by atoms with E-state index in [9.17, 15) is 0 Å². The van der Waals surface area contributed by atoms with E-state index in [-0.39, 0.29) is 6.04 Å². The van der Waals surface area contributed by atoms with Gasteiger partial charge in [-0.3, -0.25) is 0 Å². The maximum Gasteiger partial charge on any atom is 0.232 e. The molecule has 0 spiro atoms. The molecule has 9 heteroatoms. The molecular formula is C21H23N7S2. The van der Waals surface area contributed by atoms with Crippen LogP contribution >= 0.6 is 24.0 Å². The molecule has 30 heavy (non-hydrogen) atoms. The average Bonchev–Trinajstić information content (AvgIpc) is 3.30. The van der Waals surface area contributed by atoms with E-state index in [1.165, 1.54) is 24.6 Å². The molecule has 3 heterocycles. The summed E-state index contributed by atoms with van der Waals surface area (Å²) >= 11 is 6.92. The lowest BCUT2D eigenvalue weighted by Gasteiger charge is -2.19. The Kier molecular flexibility index (Phi) is 6.70. The van der Waals surface area contributed by atoms with Crippen LogP contribution in [0.4, 0.5) is 11.8 Å². The first-order valence-electron chi connectivity index (χ1n) is 9.89. The van der Waals surface area contributed by atoms with Crippen LogP contribution < -0.4 is 15.5 Å². The maximum atomic E-state index is 5.52. The monoisotopic (exact) mass is 437 g/mol. The summed E-state index contributed by atoms with van der Waals surface area (Å²) in [6.07, 6.45) is 5.79. The zero-order chi connectivity index (χ0) is 20.8. The third-order valence-electron chi connectivity index (χ3n) is 4.73. The lowest BCUT2D eigenvalue weighted by atomic mass is 10.1. The summed E-state index contributed by atoms with van der Waals surface area (Å²) < 4.78 is 0. The first kappa shape index (κ1) is 20.5. The molecule has 1 aliphatic rings. The number of aromatic nitrogens is 4. The quantitative estimate of drug-likeness (QED) is 0.337. The van der Waals surface area contributed by atoms with Crippen LogP contribution in [0.2, 0.25) is 0 Å². The summed E-state index contributed by atoms with van der Waals surface area (Å²) in [7, 11) is 0. The van der Waals surface area contributed by atoms with Gasteiger partial charge in [-0.25, -0.2) is 15.0 Å². The normalized spacial score (nSPS) is 14.4. The van der Waals surface area contributed by atoms with Gasteiger partial charge in [0.15, 0.2) is 10.3 Å². The summed E-state index contributed by atoms with van der Waals surface area (Å²) in [6.45, 7) is 4.06. The fourth-order valence-electron chi connectivity index (χ4n) is 3.22. The van der Waals surface area contributed by atoms with Crippen molar-refractivity contribution in [2.75, 3.05) is 23.3 Å². The van der Waals surface area contributed by atoms with Crippen molar-refractivity contribution in [3.05, 3.63) is 60.4 Å². The van der Waals surface area contributed by atoms with Crippen LogP contribution in [0.1, 0.15) is 31.4 Å². The summed E-state index contributed by atoms with van der Waals surface area (Å²) in [5.74, 6) is 1.36. The third kappa shape index (κ3) is 5.43. The molecule has 1 atom stereocenters. The lowest BCUT2D eigenvalue weighted by molar-refractivity contribution is 0.722. The number of thiocarbonyl (C=S) groups is 1. The van der Waals surface area contributed by atoms with Crippen LogP contribution in [-0.2, 0) is 0 Å². The summed E-state index contributed by atoms with van der Waals surface area (Å²) in [5, 5.41) is 8.35. The van der Waals surface area contributed by atoms with Gasteiger partial charge in [0, 0.05) is 31.5 Å². The number of benzene rings is 1. The number of anilines is 2. The number of nitrogens with one attached hydrogen (secondary N) is 2. The van der Waals surface area contributed by atoms with Gasteiger partial charge in [-0.2, -0.15) is 4.98 Å². The molecule has 4 rings (SSSR count). The Bertz CT molecular complexity index is 979. The largest absolute Gasteiger partial charge is 0.356 e. The van der Waals surface area contributed by atoms with Crippen molar-refractivity contribution < 1.29 is 0 Å². The molecule has 0 unspecified atom stereocenters. The van der Waals surface area contributed by atoms with E-state index in [1.807, 2.05) is 24.3 Å². The number of hydrogen-bond acceptors (Lipinski definition) is 7. The standard InChI is InChI=1S/C21H23N7S2/c1-15(16-8-3-2-4-9-16)24-20(29)27-19-25-17(28-12-5-6-13-28)14-18(26-19)30-21-22-10-7-11-23-21/h2-4,7-11,14-15H,5-6,12-13H2,1H3,(H2,24,25,26,27,29)/t15-/m0/s1. The molecule has 0 radical (unpaired) electrons. The molecule has 0 amide bonds. The Labute approximate surface area is 185 Å². The lowest BCUT2D eigenvalue weighted by Crippen LogP contribution is -2.32. The van der Waals surface area contributed by atoms with Crippen molar-refractivity contribution in [3.63, 3.8) is 0 Å². The van der Waals surface area contributed by atoms with Gasteiger partial charge in [-0.05, 0) is 55.4 Å². The van der Waals surface area contributed by atoms with Crippen molar-refractivity contribution in [2.24, 2.45) is 0 Å². The molecule has 1 fully saturated rings. The third-order valence-corrected chi connectivity index (χ3v) is 5.76. The van der Waals surface area contributed by atoms with E-state index in [4.69, 9.17) is 17.2 Å². The van der Waals surface area contributed by atoms with Crippen LogP contribution in [0, 0.1) is 0 Å². The average molecular weight is 438 g/mol. The van der Waals surface area contributed by atoms with Crippen LogP contribution in [0.3, 0.4) is 0 Å². The van der Waals surface area contributed by atoms with E-state index >= 15 is 0 Å². The van der Waals surface area contributed by atoms with E-state index in [2.05, 4.69) is 49.5 Å². The van der Waals surface area contributed by atoms with Gasteiger partial charge in [0.2, 0.25) is 5.95 Å². The molecule has 1 aromatic carbocycles. The van der Waals surface area contributed by atoms with Crippen molar-refractivity contribution in [2.45, 2.75) is 36.0 Å². The van der Waals surface area contributed by atoms with Gasteiger partial charge in [-0.1, -0.05) is 30.3 Å². The van der Waals surface area contributed by atoms with Crippen molar-refractivity contribution in [1.29, 1.82) is 0 Å². The van der Waals surface area contributed by atoms with E-state index < -0.39 is 0 Å². The Morgan fingerprint density at radius 2 is 1.80 bits per heavy atom. The summed E-state index contributed by atoms with van der Waals surface area (Å²) in [6, 6.07) is 14.0. The van der Waals surface area contributed by atoms with E-state index in [0.29, 0.717) is 16.2 Å². The smallest absolute Gasteiger partial charge is 0.232 e. The molecule has 0 bridgehead atoms. The zero-order valence-corrected chi connectivity index (χ0v) is 18.3. The molecule has 154 valence electrons. The molecule has 2 aromatic heterocycles. The van der Waals surface area contributed by atoms with Crippen molar-refractivity contribution in [1.82, 2.24) is 25.3 Å². The second-order valence-electron chi connectivity index (χ2n) is 6.95. The van der Waals surface area contributed by atoms with E-state index in [0.717, 1.165) is 29.5 Å². The Morgan fingerprint density at radius 3 is 2.53 bits per heavy atom. The highest BCUT2D eigenvalue weighted by Gasteiger charge is 2.17. The minimum atomic E-state index is 0.0690. The molecule has 3 aromatic rings. The second kappa shape index (κ2) is 9.82. The predicted octanol–water partition coefficient (Wildman–Crippen LogP) is 4.07. The van der Waals surface area contributed by atoms with Crippen molar-refractivity contribution >= 4 is 40.9 Å². The minimum absolute atomic E-state index is 0.0690. The van der Waals surface area contributed by atoms with Gasteiger partial charge >= 0.3 is 0 Å². The predicted molar refractivity (Wildman–Crippen MR) is 124 cm³/mol. The topological polar surface area (TPSA) is 78.9 Å². The number of nitrogens with zero attached hydrogens (tertiary/aromatic N) is 5. The Balaban J connectivity index is 1.51. The molecule has 0 aliphatic carbocycles. The maximum absolute atomic E-state index is 5.52. The fraction of sp³-hybridized carbons (Fsp3) is 0.286. The zero-order valence-electron chi connectivity index (χ0n) is 16.7. The molecule has 2 N–H and O–H groups in total. The molecular weight excluding hydrogens is 414 g/mol. The fourth-order valence-corrected chi connectivity index (χ4v) is 4.20. The van der Waals surface area contributed by atoms with Gasteiger partial charge in [0.05, 0.1) is 6.04 Å². The SMILES string of the molecule is C[C@H](NC(=S)Nc1nc(Sc2ncccn2)cc(N2CCCC2)n1)c1ccccc1. The molecule has 1 saturated heterocycles. The van der Waals surface area contributed by atoms with Crippen LogP contribution in [0.5, 0.6) is 0 Å². The number of rotatable bonds is 6. The first-order chi connectivity index (χ1) is 14.7. The summed E-state index contributed by atoms with van der Waals surface area (Å²) in [4.78, 5) is 20.2. The highest BCUT2D eigenvalue weighted by Crippen LogP contribution is 2.28. The Hall–Kier alpha value is -2.78. The molecule has 1 aliphatic heterocycles.